The highest BCUT2D eigenvalue weighted by Gasteiger charge is 2.24. The fraction of sp³-hybridized carbons (Fsp3) is 0.417. The van der Waals surface area contributed by atoms with Crippen LogP contribution in [-0.4, -0.2) is 37.6 Å². The standard InChI is InChI=1S/C24H31N3O2S/c1-15-7-6-8-16(2)20(15)12-19(27(4)5)13-25-21-22(24(29)23(21)28)26-17(3)11-18-9-10-30-14-18/h6-10,14,17,19,25-26H,11-13H2,1-5H3/t17-,19-/m0/s1. The zero-order chi connectivity index (χ0) is 21.8. The summed E-state index contributed by atoms with van der Waals surface area (Å²) in [6.45, 7) is 6.90. The summed E-state index contributed by atoms with van der Waals surface area (Å²) in [5, 5.41) is 10.7. The topological polar surface area (TPSA) is 61.4 Å². The van der Waals surface area contributed by atoms with Crippen LogP contribution in [0.4, 0.5) is 11.4 Å². The van der Waals surface area contributed by atoms with Crippen molar-refractivity contribution < 1.29 is 0 Å². The Morgan fingerprint density at radius 3 is 2.27 bits per heavy atom. The molecule has 2 N–H and O–H groups in total. The minimum Gasteiger partial charge on any atom is -0.378 e. The second kappa shape index (κ2) is 9.58. The predicted molar refractivity (Wildman–Crippen MR) is 128 cm³/mol. The van der Waals surface area contributed by atoms with Gasteiger partial charge in [-0.1, -0.05) is 18.2 Å². The van der Waals surface area contributed by atoms with Gasteiger partial charge in [0.05, 0.1) is 0 Å². The average molecular weight is 426 g/mol. The maximum absolute atomic E-state index is 12.2. The highest BCUT2D eigenvalue weighted by atomic mass is 32.1. The van der Waals surface area contributed by atoms with Crippen molar-refractivity contribution >= 4 is 22.7 Å². The van der Waals surface area contributed by atoms with Gasteiger partial charge in [-0.05, 0) is 86.8 Å². The number of benzene rings is 1. The molecule has 0 spiro atoms. The average Bonchev–Trinajstić information content (AvgIpc) is 3.20. The molecule has 0 saturated carbocycles. The number of thiophene rings is 1. The molecule has 1 aromatic heterocycles. The van der Waals surface area contributed by atoms with Gasteiger partial charge < -0.3 is 15.5 Å². The number of hydrogen-bond acceptors (Lipinski definition) is 6. The Labute approximate surface area is 182 Å². The zero-order valence-corrected chi connectivity index (χ0v) is 19.2. The van der Waals surface area contributed by atoms with Gasteiger partial charge in [-0.15, -0.1) is 0 Å². The van der Waals surface area contributed by atoms with Crippen LogP contribution in [0.25, 0.3) is 0 Å². The van der Waals surface area contributed by atoms with Gasteiger partial charge in [-0.2, -0.15) is 11.3 Å². The van der Waals surface area contributed by atoms with Crippen molar-refractivity contribution in [2.45, 2.75) is 45.7 Å². The Balaban J connectivity index is 1.67. The molecule has 30 heavy (non-hydrogen) atoms. The molecule has 6 heteroatoms. The Hall–Kier alpha value is -2.44. The van der Waals surface area contributed by atoms with E-state index in [-0.39, 0.29) is 12.1 Å². The van der Waals surface area contributed by atoms with Crippen LogP contribution in [0.2, 0.25) is 0 Å². The monoisotopic (exact) mass is 425 g/mol. The summed E-state index contributed by atoms with van der Waals surface area (Å²) in [7, 11) is 4.09. The van der Waals surface area contributed by atoms with Crippen LogP contribution in [-0.2, 0) is 12.8 Å². The largest absolute Gasteiger partial charge is 0.378 e. The molecule has 160 valence electrons. The number of nitrogens with zero attached hydrogens (tertiary/aromatic N) is 1. The summed E-state index contributed by atoms with van der Waals surface area (Å²) in [4.78, 5) is 26.5. The molecule has 3 rings (SSSR count). The third kappa shape index (κ3) is 4.99. The number of nitrogens with one attached hydrogen (secondary N) is 2. The van der Waals surface area contributed by atoms with E-state index in [1.165, 1.54) is 22.3 Å². The first-order valence-corrected chi connectivity index (χ1v) is 11.3. The molecular weight excluding hydrogens is 394 g/mol. The van der Waals surface area contributed by atoms with E-state index in [0.717, 1.165) is 12.8 Å². The quantitative estimate of drug-likeness (QED) is 0.486. The van der Waals surface area contributed by atoms with E-state index >= 15 is 0 Å². The van der Waals surface area contributed by atoms with E-state index in [2.05, 4.69) is 59.0 Å². The first-order chi connectivity index (χ1) is 14.3. The van der Waals surface area contributed by atoms with Crippen LogP contribution < -0.4 is 21.5 Å². The molecule has 0 aliphatic carbocycles. The molecule has 2 aromatic carbocycles. The number of hydrogen-bond donors (Lipinski definition) is 2. The van der Waals surface area contributed by atoms with Crippen LogP contribution in [0, 0.1) is 13.8 Å². The van der Waals surface area contributed by atoms with Crippen molar-refractivity contribution in [1.29, 1.82) is 0 Å². The molecule has 0 unspecified atom stereocenters. The maximum Gasteiger partial charge on any atom is 0.253 e. The van der Waals surface area contributed by atoms with Crippen molar-refractivity contribution in [1.82, 2.24) is 4.90 Å². The first kappa shape index (κ1) is 22.2. The maximum atomic E-state index is 12.2. The van der Waals surface area contributed by atoms with Crippen molar-refractivity contribution in [2.75, 3.05) is 31.3 Å². The van der Waals surface area contributed by atoms with Crippen LogP contribution in [0.15, 0.2) is 44.6 Å². The molecule has 3 aromatic rings. The van der Waals surface area contributed by atoms with Crippen molar-refractivity contribution in [3.63, 3.8) is 0 Å². The van der Waals surface area contributed by atoms with Gasteiger partial charge in [-0.3, -0.25) is 9.59 Å². The van der Waals surface area contributed by atoms with Gasteiger partial charge >= 0.3 is 0 Å². The number of likely N-dealkylation sites (N-methyl/N-ethyl adjacent to an activating group) is 1. The molecule has 0 bridgehead atoms. The molecule has 1 heterocycles. The van der Waals surface area contributed by atoms with E-state index in [1.54, 1.807) is 11.3 Å². The molecule has 0 radical (unpaired) electrons. The lowest BCUT2D eigenvalue weighted by Crippen LogP contribution is -2.43. The van der Waals surface area contributed by atoms with Gasteiger partial charge in [0, 0.05) is 18.6 Å². The van der Waals surface area contributed by atoms with Gasteiger partial charge in [0.15, 0.2) is 0 Å². The number of anilines is 2. The molecule has 0 fully saturated rings. The molecule has 0 saturated heterocycles. The van der Waals surface area contributed by atoms with E-state index in [4.69, 9.17) is 0 Å². The molecule has 0 amide bonds. The molecule has 5 nitrogen and oxygen atoms in total. The Kier molecular flexibility index (Phi) is 7.10. The molecular formula is C24H31N3O2S. The van der Waals surface area contributed by atoms with Gasteiger partial charge in [0.2, 0.25) is 0 Å². The summed E-state index contributed by atoms with van der Waals surface area (Å²) in [5.74, 6) is 0. The third-order valence-corrected chi connectivity index (χ3v) is 6.48. The Morgan fingerprint density at radius 2 is 1.67 bits per heavy atom. The summed E-state index contributed by atoms with van der Waals surface area (Å²) >= 11 is 1.66. The third-order valence-electron chi connectivity index (χ3n) is 5.75. The minimum absolute atomic E-state index is 0.0720. The SMILES string of the molecule is Cc1cccc(C)c1C[C@@H](CNc1c(N[C@@H](C)Cc2ccsc2)c(=O)c1=O)N(C)C. The summed E-state index contributed by atoms with van der Waals surface area (Å²) in [6, 6.07) is 8.70. The first-order valence-electron chi connectivity index (χ1n) is 10.3. The highest BCUT2D eigenvalue weighted by molar-refractivity contribution is 7.07. The van der Waals surface area contributed by atoms with E-state index in [1.807, 2.05) is 26.4 Å². The number of aryl methyl sites for hydroxylation is 2. The van der Waals surface area contributed by atoms with Gasteiger partial charge in [0.25, 0.3) is 10.9 Å². The van der Waals surface area contributed by atoms with Crippen LogP contribution in [0.5, 0.6) is 0 Å². The van der Waals surface area contributed by atoms with Crippen molar-refractivity contribution in [2.24, 2.45) is 0 Å². The second-order valence-electron chi connectivity index (χ2n) is 8.36. The lowest BCUT2D eigenvalue weighted by molar-refractivity contribution is 0.303. The molecule has 0 aliphatic rings. The Morgan fingerprint density at radius 1 is 1.00 bits per heavy atom. The number of rotatable bonds is 10. The minimum atomic E-state index is -0.426. The molecule has 2 atom stereocenters. The van der Waals surface area contributed by atoms with Crippen LogP contribution in [0.1, 0.15) is 29.2 Å². The lowest BCUT2D eigenvalue weighted by atomic mass is 9.96. The smallest absolute Gasteiger partial charge is 0.253 e. The van der Waals surface area contributed by atoms with Gasteiger partial charge in [0.1, 0.15) is 11.4 Å². The highest BCUT2D eigenvalue weighted by Crippen LogP contribution is 2.20. The Bertz CT molecular complexity index is 1030. The summed E-state index contributed by atoms with van der Waals surface area (Å²) in [6.07, 6.45) is 1.69. The van der Waals surface area contributed by atoms with Gasteiger partial charge in [-0.25, -0.2) is 0 Å². The van der Waals surface area contributed by atoms with Crippen LogP contribution in [0.3, 0.4) is 0 Å². The van der Waals surface area contributed by atoms with E-state index < -0.39 is 10.9 Å². The predicted octanol–water partition coefficient (Wildman–Crippen LogP) is 3.59. The lowest BCUT2D eigenvalue weighted by Gasteiger charge is -2.27. The fourth-order valence-electron chi connectivity index (χ4n) is 3.82. The fourth-order valence-corrected chi connectivity index (χ4v) is 4.50. The summed E-state index contributed by atoms with van der Waals surface area (Å²) in [5.41, 5.74) is 5.12. The summed E-state index contributed by atoms with van der Waals surface area (Å²) < 4.78 is 0. The van der Waals surface area contributed by atoms with Crippen molar-refractivity contribution in [3.8, 4) is 0 Å². The normalized spacial score (nSPS) is 13.5. The van der Waals surface area contributed by atoms with E-state index in [0.29, 0.717) is 17.9 Å². The second-order valence-corrected chi connectivity index (χ2v) is 9.14. The van der Waals surface area contributed by atoms with Crippen LogP contribution >= 0.6 is 11.3 Å². The van der Waals surface area contributed by atoms with Crippen molar-refractivity contribution in [3.05, 3.63) is 77.7 Å². The van der Waals surface area contributed by atoms with E-state index in [9.17, 15) is 9.59 Å². The zero-order valence-electron chi connectivity index (χ0n) is 18.4. The molecule has 0 aliphatic heterocycles.